The molecule has 2 aromatic rings. The minimum Gasteiger partial charge on any atom is -0.312 e. The van der Waals surface area contributed by atoms with Crippen LogP contribution in [-0.2, 0) is 0 Å². The van der Waals surface area contributed by atoms with Crippen LogP contribution in [0.3, 0.4) is 0 Å². The molecule has 2 heterocycles. The largest absolute Gasteiger partial charge is 0.312 e. The molecule has 0 saturated heterocycles. The minimum atomic E-state index is 0.307. The van der Waals surface area contributed by atoms with Crippen molar-refractivity contribution in [2.75, 3.05) is 7.05 Å². The maximum atomic E-state index is 4.43. The predicted molar refractivity (Wildman–Crippen MR) is 76.5 cm³/mol. The summed E-state index contributed by atoms with van der Waals surface area (Å²) in [5.74, 6) is 0.353. The van der Waals surface area contributed by atoms with E-state index >= 15 is 0 Å². The molecule has 0 bridgehead atoms. The van der Waals surface area contributed by atoms with Gasteiger partial charge in [0.15, 0.2) is 0 Å². The second-order valence-corrected chi connectivity index (χ2v) is 6.45. The van der Waals surface area contributed by atoms with Crippen molar-refractivity contribution >= 4 is 27.3 Å². The summed E-state index contributed by atoms with van der Waals surface area (Å²) in [7, 11) is 2.00. The highest BCUT2D eigenvalue weighted by atomic mass is 79.9. The lowest BCUT2D eigenvalue weighted by Gasteiger charge is -2.22. The Labute approximate surface area is 114 Å². The van der Waals surface area contributed by atoms with Crippen LogP contribution in [0, 0.1) is 0 Å². The lowest BCUT2D eigenvalue weighted by molar-refractivity contribution is 0.506. The fraction of sp³-hybridized carbons (Fsp3) is 0.308. The summed E-state index contributed by atoms with van der Waals surface area (Å²) >= 11 is 5.28. The number of nitrogens with one attached hydrogen (secondary N) is 1. The Hall–Kier alpha value is -0.710. The molecule has 0 aliphatic carbocycles. The van der Waals surface area contributed by atoms with Crippen molar-refractivity contribution in [1.82, 2.24) is 10.3 Å². The van der Waals surface area contributed by atoms with Gasteiger partial charge in [-0.15, -0.1) is 11.3 Å². The molecule has 17 heavy (non-hydrogen) atoms. The van der Waals surface area contributed by atoms with Gasteiger partial charge in [0, 0.05) is 28.7 Å². The molecule has 2 unspecified atom stereocenters. The van der Waals surface area contributed by atoms with Gasteiger partial charge in [-0.2, -0.15) is 0 Å². The zero-order valence-electron chi connectivity index (χ0n) is 9.85. The maximum Gasteiger partial charge on any atom is 0.0701 e. The van der Waals surface area contributed by atoms with Crippen LogP contribution in [0.2, 0.25) is 0 Å². The number of thiophene rings is 1. The van der Waals surface area contributed by atoms with Gasteiger partial charge in [0.2, 0.25) is 0 Å². The SMILES string of the molecule is CNC(c1ccc(Br)s1)C(C)c1ccccn1. The Morgan fingerprint density at radius 3 is 2.65 bits per heavy atom. The molecule has 0 aliphatic heterocycles. The number of pyridine rings is 1. The molecule has 0 aliphatic rings. The molecule has 2 nitrogen and oxygen atoms in total. The summed E-state index contributed by atoms with van der Waals surface area (Å²) < 4.78 is 1.17. The number of rotatable bonds is 4. The van der Waals surface area contributed by atoms with Crippen molar-refractivity contribution < 1.29 is 0 Å². The van der Waals surface area contributed by atoms with E-state index in [1.165, 1.54) is 8.66 Å². The average molecular weight is 311 g/mol. The summed E-state index contributed by atoms with van der Waals surface area (Å²) in [5, 5.41) is 3.38. The predicted octanol–water partition coefficient (Wildman–Crippen LogP) is 3.97. The molecule has 0 fully saturated rings. The van der Waals surface area contributed by atoms with E-state index in [9.17, 15) is 0 Å². The topological polar surface area (TPSA) is 24.9 Å². The number of hydrogen-bond acceptors (Lipinski definition) is 3. The van der Waals surface area contributed by atoms with Crippen LogP contribution in [0.5, 0.6) is 0 Å². The van der Waals surface area contributed by atoms with Gasteiger partial charge in [0.05, 0.1) is 3.79 Å². The molecule has 4 heteroatoms. The van der Waals surface area contributed by atoms with Crippen molar-refractivity contribution in [2.24, 2.45) is 0 Å². The zero-order valence-corrected chi connectivity index (χ0v) is 12.3. The highest BCUT2D eigenvalue weighted by molar-refractivity contribution is 9.11. The lowest BCUT2D eigenvalue weighted by Crippen LogP contribution is -2.21. The van der Waals surface area contributed by atoms with E-state index in [-0.39, 0.29) is 0 Å². The monoisotopic (exact) mass is 310 g/mol. The average Bonchev–Trinajstić information content (AvgIpc) is 2.78. The molecule has 0 aromatic carbocycles. The first kappa shape index (κ1) is 12.7. The zero-order chi connectivity index (χ0) is 12.3. The molecular formula is C13H15BrN2S. The van der Waals surface area contributed by atoms with Gasteiger partial charge < -0.3 is 5.32 Å². The van der Waals surface area contributed by atoms with E-state index in [1.807, 2.05) is 25.4 Å². The maximum absolute atomic E-state index is 4.43. The minimum absolute atomic E-state index is 0.307. The normalized spacial score (nSPS) is 14.5. The third-order valence-corrected chi connectivity index (χ3v) is 4.57. The Morgan fingerprint density at radius 1 is 1.29 bits per heavy atom. The first-order valence-corrected chi connectivity index (χ1v) is 7.16. The first-order valence-electron chi connectivity index (χ1n) is 5.56. The van der Waals surface area contributed by atoms with Crippen LogP contribution in [0.4, 0.5) is 0 Å². The summed E-state index contributed by atoms with van der Waals surface area (Å²) in [4.78, 5) is 5.76. The van der Waals surface area contributed by atoms with Gasteiger partial charge in [0.1, 0.15) is 0 Å². The van der Waals surface area contributed by atoms with E-state index < -0.39 is 0 Å². The number of nitrogens with zero attached hydrogens (tertiary/aromatic N) is 1. The molecule has 2 rings (SSSR count). The van der Waals surface area contributed by atoms with Gasteiger partial charge in [0.25, 0.3) is 0 Å². The fourth-order valence-electron chi connectivity index (χ4n) is 1.95. The highest BCUT2D eigenvalue weighted by Gasteiger charge is 2.21. The second-order valence-electron chi connectivity index (χ2n) is 3.95. The summed E-state index contributed by atoms with van der Waals surface area (Å²) in [6, 6.07) is 10.6. The van der Waals surface area contributed by atoms with E-state index in [0.29, 0.717) is 12.0 Å². The van der Waals surface area contributed by atoms with E-state index in [2.05, 4.69) is 51.4 Å². The number of likely N-dealkylation sites (N-methyl/N-ethyl adjacent to an activating group) is 1. The van der Waals surface area contributed by atoms with Crippen LogP contribution in [0.1, 0.15) is 29.5 Å². The number of hydrogen-bond donors (Lipinski definition) is 1. The number of aromatic nitrogens is 1. The van der Waals surface area contributed by atoms with E-state index in [4.69, 9.17) is 0 Å². The van der Waals surface area contributed by atoms with Crippen LogP contribution in [-0.4, -0.2) is 12.0 Å². The Balaban J connectivity index is 2.25. The number of halogens is 1. The summed E-state index contributed by atoms with van der Waals surface area (Å²) in [6.07, 6.45) is 1.85. The van der Waals surface area contributed by atoms with Crippen LogP contribution in [0.15, 0.2) is 40.3 Å². The highest BCUT2D eigenvalue weighted by Crippen LogP contribution is 2.34. The molecule has 0 radical (unpaired) electrons. The van der Waals surface area contributed by atoms with Crippen LogP contribution < -0.4 is 5.32 Å². The molecular weight excluding hydrogens is 296 g/mol. The van der Waals surface area contributed by atoms with Crippen molar-refractivity contribution in [1.29, 1.82) is 0 Å². The van der Waals surface area contributed by atoms with E-state index in [0.717, 1.165) is 5.69 Å². The summed E-state index contributed by atoms with van der Waals surface area (Å²) in [6.45, 7) is 2.21. The van der Waals surface area contributed by atoms with E-state index in [1.54, 1.807) is 11.3 Å². The van der Waals surface area contributed by atoms with Crippen molar-refractivity contribution in [3.63, 3.8) is 0 Å². The standard InChI is InChI=1S/C13H15BrN2S/c1-9(10-5-3-4-8-16-10)13(15-2)11-6-7-12(14)17-11/h3-9,13,15H,1-2H3. The smallest absolute Gasteiger partial charge is 0.0701 e. The molecule has 90 valence electrons. The van der Waals surface area contributed by atoms with Gasteiger partial charge >= 0.3 is 0 Å². The third-order valence-electron chi connectivity index (χ3n) is 2.87. The fourth-order valence-corrected chi connectivity index (χ4v) is 3.59. The molecule has 0 saturated carbocycles. The summed E-state index contributed by atoms with van der Waals surface area (Å²) in [5.41, 5.74) is 1.12. The third kappa shape index (κ3) is 2.94. The van der Waals surface area contributed by atoms with Gasteiger partial charge in [-0.1, -0.05) is 13.0 Å². The Kier molecular flexibility index (Phi) is 4.31. The second kappa shape index (κ2) is 5.76. The first-order chi connectivity index (χ1) is 8.22. The molecule has 2 aromatic heterocycles. The molecule has 1 N–H and O–H groups in total. The van der Waals surface area contributed by atoms with Crippen LogP contribution >= 0.6 is 27.3 Å². The lowest BCUT2D eigenvalue weighted by atomic mass is 9.96. The van der Waals surface area contributed by atoms with Gasteiger partial charge in [-0.05, 0) is 47.2 Å². The molecule has 2 atom stereocenters. The van der Waals surface area contributed by atoms with Crippen molar-refractivity contribution in [3.8, 4) is 0 Å². The quantitative estimate of drug-likeness (QED) is 0.924. The Morgan fingerprint density at radius 2 is 2.12 bits per heavy atom. The Bertz CT molecular complexity index is 469. The van der Waals surface area contributed by atoms with Crippen molar-refractivity contribution in [3.05, 3.63) is 50.9 Å². The van der Waals surface area contributed by atoms with Crippen LogP contribution in [0.25, 0.3) is 0 Å². The van der Waals surface area contributed by atoms with Gasteiger partial charge in [-0.3, -0.25) is 4.98 Å². The van der Waals surface area contributed by atoms with Crippen molar-refractivity contribution in [2.45, 2.75) is 18.9 Å². The molecule has 0 amide bonds. The van der Waals surface area contributed by atoms with Gasteiger partial charge in [-0.25, -0.2) is 0 Å². The molecule has 0 spiro atoms.